The molecule has 2 heterocycles. The van der Waals surface area contributed by atoms with Gasteiger partial charge >= 0.3 is 0 Å². The van der Waals surface area contributed by atoms with Crippen LogP contribution in [-0.4, -0.2) is 76.9 Å². The zero-order valence-electron chi connectivity index (χ0n) is 19.1. The molecule has 1 aromatic carbocycles. The van der Waals surface area contributed by atoms with Crippen molar-refractivity contribution >= 4 is 37.3 Å². The molecule has 1 aromatic rings. The maximum absolute atomic E-state index is 13.1. The second-order valence-corrected chi connectivity index (χ2v) is 12.3. The fourth-order valence-electron chi connectivity index (χ4n) is 4.41. The Bertz CT molecular complexity index is 1030. The molecule has 11 heteroatoms. The molecule has 1 N–H and O–H groups in total. The van der Waals surface area contributed by atoms with Gasteiger partial charge in [0.15, 0.2) is 0 Å². The van der Waals surface area contributed by atoms with Gasteiger partial charge in [-0.1, -0.05) is 13.8 Å². The van der Waals surface area contributed by atoms with Crippen molar-refractivity contribution in [1.29, 1.82) is 0 Å². The van der Waals surface area contributed by atoms with Gasteiger partial charge in [-0.25, -0.2) is 21.1 Å². The fraction of sp³-hybridized carbons (Fsp3) is 0.667. The molecule has 9 nitrogen and oxygen atoms in total. The van der Waals surface area contributed by atoms with Crippen LogP contribution in [0.1, 0.15) is 39.5 Å². The fourth-order valence-corrected chi connectivity index (χ4v) is 6.81. The van der Waals surface area contributed by atoms with Crippen molar-refractivity contribution in [3.8, 4) is 0 Å². The van der Waals surface area contributed by atoms with E-state index >= 15 is 0 Å². The molecule has 0 bridgehead atoms. The van der Waals surface area contributed by atoms with E-state index in [1.807, 2.05) is 0 Å². The number of anilines is 2. The smallest absolute Gasteiger partial charge is 0.243 e. The Morgan fingerprint density at radius 1 is 1.06 bits per heavy atom. The van der Waals surface area contributed by atoms with Gasteiger partial charge in [-0.3, -0.25) is 4.79 Å². The number of nitrogens with zero attached hydrogens (tertiary/aromatic N) is 3. The Balaban J connectivity index is 1.91. The van der Waals surface area contributed by atoms with Gasteiger partial charge in [0.25, 0.3) is 0 Å². The summed E-state index contributed by atoms with van der Waals surface area (Å²) < 4.78 is 52.7. The number of carbonyl (C=O) groups is 1. The standard InChI is InChI=1S/C21H34N4O5S2/c1-4-24(5-2)32(29,30)18-10-11-20(23-12-6-7-13-23)19(15-18)22-21(26)17-9-8-14-25(16-17)31(3,27)28/h10-11,15,17H,4-9,12-14,16H2,1-3H3,(H,22,26). The van der Waals surface area contributed by atoms with E-state index < -0.39 is 26.0 Å². The number of benzene rings is 1. The van der Waals surface area contributed by atoms with Crippen LogP contribution in [0.15, 0.2) is 23.1 Å². The van der Waals surface area contributed by atoms with Crippen LogP contribution in [0.25, 0.3) is 0 Å². The normalized spacial score (nSPS) is 20.6. The number of sulfonamides is 2. The molecule has 1 unspecified atom stereocenters. The first-order chi connectivity index (χ1) is 15.1. The van der Waals surface area contributed by atoms with Gasteiger partial charge in [0, 0.05) is 39.3 Å². The van der Waals surface area contributed by atoms with Gasteiger partial charge in [0.05, 0.1) is 28.4 Å². The largest absolute Gasteiger partial charge is 0.370 e. The lowest BCUT2D eigenvalue weighted by molar-refractivity contribution is -0.120. The molecule has 2 fully saturated rings. The average Bonchev–Trinajstić information content (AvgIpc) is 3.28. The van der Waals surface area contributed by atoms with E-state index in [-0.39, 0.29) is 17.3 Å². The average molecular weight is 487 g/mol. The lowest BCUT2D eigenvalue weighted by Gasteiger charge is -2.31. The summed E-state index contributed by atoms with van der Waals surface area (Å²) in [5.74, 6) is -0.760. The highest BCUT2D eigenvalue weighted by Crippen LogP contribution is 2.33. The van der Waals surface area contributed by atoms with Gasteiger partial charge in [0.2, 0.25) is 26.0 Å². The molecule has 0 radical (unpaired) electrons. The molecule has 3 rings (SSSR count). The first kappa shape index (κ1) is 24.9. The summed E-state index contributed by atoms with van der Waals surface area (Å²) in [7, 11) is -7.04. The monoisotopic (exact) mass is 486 g/mol. The predicted molar refractivity (Wildman–Crippen MR) is 126 cm³/mol. The minimum atomic E-state index is -3.68. The van der Waals surface area contributed by atoms with Crippen LogP contribution in [0, 0.1) is 5.92 Å². The van der Waals surface area contributed by atoms with Crippen molar-refractivity contribution in [1.82, 2.24) is 8.61 Å². The van der Waals surface area contributed by atoms with Crippen LogP contribution in [0.3, 0.4) is 0 Å². The Morgan fingerprint density at radius 2 is 1.72 bits per heavy atom. The van der Waals surface area contributed by atoms with E-state index in [9.17, 15) is 21.6 Å². The molecule has 1 atom stereocenters. The van der Waals surface area contributed by atoms with Gasteiger partial charge in [-0.2, -0.15) is 4.31 Å². The summed E-state index contributed by atoms with van der Waals surface area (Å²) in [5, 5.41) is 2.93. The quantitative estimate of drug-likeness (QED) is 0.602. The molecule has 2 aliphatic heterocycles. The number of rotatable bonds is 8. The zero-order chi connectivity index (χ0) is 23.5. The van der Waals surface area contributed by atoms with Gasteiger partial charge in [-0.05, 0) is 43.9 Å². The maximum Gasteiger partial charge on any atom is 0.243 e. The van der Waals surface area contributed by atoms with Crippen LogP contribution in [0.5, 0.6) is 0 Å². The number of hydrogen-bond donors (Lipinski definition) is 1. The molecule has 0 spiro atoms. The third kappa shape index (κ3) is 5.44. The van der Waals surface area contributed by atoms with Crippen LogP contribution in [0.4, 0.5) is 11.4 Å². The molecule has 32 heavy (non-hydrogen) atoms. The summed E-state index contributed by atoms with van der Waals surface area (Å²) in [4.78, 5) is 15.4. The third-order valence-electron chi connectivity index (χ3n) is 6.24. The molecule has 2 aliphatic rings. The Hall–Kier alpha value is -1.69. The highest BCUT2D eigenvalue weighted by Gasteiger charge is 2.31. The highest BCUT2D eigenvalue weighted by molar-refractivity contribution is 7.89. The first-order valence-corrected chi connectivity index (χ1v) is 14.5. The van der Waals surface area contributed by atoms with Crippen molar-refractivity contribution in [2.24, 2.45) is 5.92 Å². The molecule has 180 valence electrons. The molecular formula is C21H34N4O5S2. The second kappa shape index (κ2) is 10.1. The summed E-state index contributed by atoms with van der Waals surface area (Å²) >= 11 is 0. The van der Waals surface area contributed by atoms with Crippen LogP contribution >= 0.6 is 0 Å². The predicted octanol–water partition coefficient (Wildman–Crippen LogP) is 1.93. The lowest BCUT2D eigenvalue weighted by atomic mass is 9.98. The lowest BCUT2D eigenvalue weighted by Crippen LogP contribution is -2.43. The van der Waals surface area contributed by atoms with Crippen molar-refractivity contribution in [3.63, 3.8) is 0 Å². The molecule has 0 aliphatic carbocycles. The third-order valence-corrected chi connectivity index (χ3v) is 9.56. The summed E-state index contributed by atoms with van der Waals surface area (Å²) in [6.07, 6.45) is 4.44. The Labute approximate surface area is 191 Å². The SMILES string of the molecule is CCN(CC)S(=O)(=O)c1ccc(N2CCCC2)c(NC(=O)C2CCCN(S(C)(=O)=O)C2)c1. The molecule has 0 aromatic heterocycles. The van der Waals surface area contributed by atoms with E-state index in [2.05, 4.69) is 10.2 Å². The van der Waals surface area contributed by atoms with Crippen molar-refractivity contribution in [2.75, 3.05) is 55.7 Å². The molecule has 1 amide bonds. The molecule has 0 saturated carbocycles. The van der Waals surface area contributed by atoms with E-state index in [0.717, 1.165) is 37.9 Å². The first-order valence-electron chi connectivity index (χ1n) is 11.2. The highest BCUT2D eigenvalue weighted by atomic mass is 32.2. The number of nitrogens with one attached hydrogen (secondary N) is 1. The number of hydrogen-bond acceptors (Lipinski definition) is 6. The Kier molecular flexibility index (Phi) is 7.85. The number of piperidine rings is 1. The summed E-state index contributed by atoms with van der Waals surface area (Å²) in [5.41, 5.74) is 1.26. The van der Waals surface area contributed by atoms with Crippen molar-refractivity contribution in [2.45, 2.75) is 44.4 Å². The number of carbonyl (C=O) groups excluding carboxylic acids is 1. The van der Waals surface area contributed by atoms with Crippen molar-refractivity contribution < 1.29 is 21.6 Å². The van der Waals surface area contributed by atoms with E-state index in [0.29, 0.717) is 38.2 Å². The van der Waals surface area contributed by atoms with Gasteiger partial charge in [-0.15, -0.1) is 0 Å². The van der Waals surface area contributed by atoms with Crippen molar-refractivity contribution in [3.05, 3.63) is 18.2 Å². The summed E-state index contributed by atoms with van der Waals surface area (Å²) in [6.45, 7) is 6.54. The van der Waals surface area contributed by atoms with E-state index in [4.69, 9.17) is 0 Å². The van der Waals surface area contributed by atoms with E-state index in [1.165, 1.54) is 14.7 Å². The van der Waals surface area contributed by atoms with Crippen LogP contribution in [-0.2, 0) is 24.8 Å². The van der Waals surface area contributed by atoms with Gasteiger partial charge < -0.3 is 10.2 Å². The van der Waals surface area contributed by atoms with Crippen LogP contribution in [0.2, 0.25) is 0 Å². The second-order valence-electron chi connectivity index (χ2n) is 8.41. The minimum Gasteiger partial charge on any atom is -0.370 e. The zero-order valence-corrected chi connectivity index (χ0v) is 20.7. The maximum atomic E-state index is 13.1. The topological polar surface area (TPSA) is 107 Å². The number of amides is 1. The van der Waals surface area contributed by atoms with Crippen LogP contribution < -0.4 is 10.2 Å². The van der Waals surface area contributed by atoms with Gasteiger partial charge in [0.1, 0.15) is 0 Å². The Morgan fingerprint density at radius 3 is 2.31 bits per heavy atom. The molecule has 2 saturated heterocycles. The van der Waals surface area contributed by atoms with E-state index in [1.54, 1.807) is 26.0 Å². The molecular weight excluding hydrogens is 452 g/mol. The summed E-state index contributed by atoms with van der Waals surface area (Å²) in [6, 6.07) is 4.90. The minimum absolute atomic E-state index is 0.140.